The van der Waals surface area contributed by atoms with Crippen molar-refractivity contribution in [1.29, 1.82) is 0 Å². The topological polar surface area (TPSA) is 46.5 Å². The van der Waals surface area contributed by atoms with Crippen LogP contribution >= 0.6 is 0 Å². The van der Waals surface area contributed by atoms with Gasteiger partial charge < -0.3 is 9.84 Å². The Morgan fingerprint density at radius 1 is 1.27 bits per heavy atom. The summed E-state index contributed by atoms with van der Waals surface area (Å²) < 4.78 is 4.72. The van der Waals surface area contributed by atoms with E-state index in [1.54, 1.807) is 12.1 Å². The number of methoxy groups -OCH3 is 1. The third kappa shape index (κ3) is 1.69. The quantitative estimate of drug-likeness (QED) is 0.715. The number of ether oxygens (including phenoxy) is 1. The molecule has 1 N–H and O–H groups in total. The summed E-state index contributed by atoms with van der Waals surface area (Å²) in [6.45, 7) is 0. The third-order valence-corrected chi connectivity index (χ3v) is 2.92. The zero-order valence-corrected chi connectivity index (χ0v) is 8.75. The second-order valence-corrected chi connectivity index (χ2v) is 3.79. The first-order valence-corrected chi connectivity index (χ1v) is 5.16. The van der Waals surface area contributed by atoms with E-state index in [0.717, 1.165) is 36.8 Å². The summed E-state index contributed by atoms with van der Waals surface area (Å²) in [5.41, 5.74) is 2.49. The summed E-state index contributed by atoms with van der Waals surface area (Å²) in [6.07, 6.45) is 3.85. The van der Waals surface area contributed by atoms with Crippen LogP contribution in [0.4, 0.5) is 0 Å². The number of rotatable bonds is 1. The Balaban J connectivity index is 2.52. The van der Waals surface area contributed by atoms with Gasteiger partial charge in [0.05, 0.1) is 12.7 Å². The Hall–Kier alpha value is -1.51. The van der Waals surface area contributed by atoms with E-state index < -0.39 is 0 Å². The van der Waals surface area contributed by atoms with Crippen LogP contribution < -0.4 is 0 Å². The number of benzene rings is 1. The molecule has 0 bridgehead atoms. The normalized spacial score (nSPS) is 14.5. The lowest BCUT2D eigenvalue weighted by atomic mass is 9.87. The zero-order valence-electron chi connectivity index (χ0n) is 8.75. The predicted molar refractivity (Wildman–Crippen MR) is 56.1 cm³/mol. The highest BCUT2D eigenvalue weighted by Crippen LogP contribution is 2.31. The first kappa shape index (κ1) is 10.0. The highest BCUT2D eigenvalue weighted by molar-refractivity contribution is 5.91. The van der Waals surface area contributed by atoms with E-state index in [9.17, 15) is 9.90 Å². The average Bonchev–Trinajstić information content (AvgIpc) is 2.29. The highest BCUT2D eigenvalue weighted by Gasteiger charge is 2.20. The summed E-state index contributed by atoms with van der Waals surface area (Å²) in [7, 11) is 1.38. The van der Waals surface area contributed by atoms with Gasteiger partial charge in [-0.3, -0.25) is 0 Å². The summed E-state index contributed by atoms with van der Waals surface area (Å²) in [5.74, 6) is -0.00879. The molecule has 15 heavy (non-hydrogen) atoms. The molecule has 0 aliphatic heterocycles. The van der Waals surface area contributed by atoms with Crippen molar-refractivity contribution in [3.05, 3.63) is 28.8 Å². The van der Waals surface area contributed by atoms with Gasteiger partial charge in [-0.05, 0) is 48.9 Å². The summed E-state index contributed by atoms with van der Waals surface area (Å²) in [4.78, 5) is 11.5. The Kier molecular flexibility index (Phi) is 2.62. The van der Waals surface area contributed by atoms with Gasteiger partial charge >= 0.3 is 5.97 Å². The first-order chi connectivity index (χ1) is 7.24. The van der Waals surface area contributed by atoms with E-state index in [-0.39, 0.29) is 5.97 Å². The third-order valence-electron chi connectivity index (χ3n) is 2.92. The minimum absolute atomic E-state index is 0.303. The minimum Gasteiger partial charge on any atom is -0.508 e. The molecule has 0 aromatic heterocycles. The SMILES string of the molecule is COC(=O)c1ccc(O)c2c1CCCC2. The lowest BCUT2D eigenvalue weighted by molar-refractivity contribution is 0.0599. The minimum atomic E-state index is -0.312. The van der Waals surface area contributed by atoms with Crippen LogP contribution in [0.1, 0.15) is 34.3 Å². The van der Waals surface area contributed by atoms with Crippen LogP contribution in [0, 0.1) is 0 Å². The average molecular weight is 206 g/mol. The van der Waals surface area contributed by atoms with Gasteiger partial charge in [-0.1, -0.05) is 0 Å². The van der Waals surface area contributed by atoms with Crippen LogP contribution in [-0.2, 0) is 17.6 Å². The Bertz CT molecular complexity index is 396. The van der Waals surface area contributed by atoms with Gasteiger partial charge in [0.2, 0.25) is 0 Å². The summed E-state index contributed by atoms with van der Waals surface area (Å²) >= 11 is 0. The maximum atomic E-state index is 11.5. The molecule has 0 spiro atoms. The van der Waals surface area contributed by atoms with Crippen molar-refractivity contribution >= 4 is 5.97 Å². The van der Waals surface area contributed by atoms with Gasteiger partial charge in [-0.2, -0.15) is 0 Å². The van der Waals surface area contributed by atoms with Crippen molar-refractivity contribution in [3.63, 3.8) is 0 Å². The molecule has 80 valence electrons. The summed E-state index contributed by atoms with van der Waals surface area (Å²) in [6, 6.07) is 3.22. The zero-order chi connectivity index (χ0) is 10.8. The lowest BCUT2D eigenvalue weighted by Crippen LogP contribution is -2.11. The van der Waals surface area contributed by atoms with E-state index in [0.29, 0.717) is 11.3 Å². The number of esters is 1. The number of hydrogen-bond donors (Lipinski definition) is 1. The molecule has 2 rings (SSSR count). The van der Waals surface area contributed by atoms with E-state index in [1.807, 2.05) is 0 Å². The van der Waals surface area contributed by atoms with Gasteiger partial charge in [0, 0.05) is 0 Å². The van der Waals surface area contributed by atoms with Crippen LogP contribution in [0.25, 0.3) is 0 Å². The monoisotopic (exact) mass is 206 g/mol. The van der Waals surface area contributed by atoms with E-state index in [2.05, 4.69) is 0 Å². The molecule has 1 aromatic carbocycles. The van der Waals surface area contributed by atoms with Crippen molar-refractivity contribution in [2.24, 2.45) is 0 Å². The molecular weight excluding hydrogens is 192 g/mol. The molecule has 0 heterocycles. The van der Waals surface area contributed by atoms with Crippen molar-refractivity contribution in [1.82, 2.24) is 0 Å². The number of fused-ring (bicyclic) bond motifs is 1. The first-order valence-electron chi connectivity index (χ1n) is 5.16. The van der Waals surface area contributed by atoms with Crippen LogP contribution in [0.15, 0.2) is 12.1 Å². The molecule has 3 heteroatoms. The van der Waals surface area contributed by atoms with Gasteiger partial charge in [-0.15, -0.1) is 0 Å². The molecule has 1 aliphatic carbocycles. The standard InChI is InChI=1S/C12H14O3/c1-15-12(14)10-6-7-11(13)9-5-3-2-4-8(9)10/h6-7,13H,2-5H2,1H3. The highest BCUT2D eigenvalue weighted by atomic mass is 16.5. The van der Waals surface area contributed by atoms with Gasteiger partial charge in [0.25, 0.3) is 0 Å². The van der Waals surface area contributed by atoms with Gasteiger partial charge in [-0.25, -0.2) is 4.79 Å². The Morgan fingerprint density at radius 2 is 1.93 bits per heavy atom. The van der Waals surface area contributed by atoms with Crippen molar-refractivity contribution in [2.45, 2.75) is 25.7 Å². The van der Waals surface area contributed by atoms with Gasteiger partial charge in [0.1, 0.15) is 5.75 Å². The molecule has 0 amide bonds. The van der Waals surface area contributed by atoms with E-state index in [1.165, 1.54) is 7.11 Å². The summed E-state index contributed by atoms with van der Waals surface area (Å²) in [5, 5.41) is 9.68. The number of carbonyl (C=O) groups is 1. The lowest BCUT2D eigenvalue weighted by Gasteiger charge is -2.19. The maximum Gasteiger partial charge on any atom is 0.338 e. The van der Waals surface area contributed by atoms with E-state index in [4.69, 9.17) is 4.74 Å². The van der Waals surface area contributed by atoms with Crippen LogP contribution in [0.3, 0.4) is 0 Å². The molecule has 3 nitrogen and oxygen atoms in total. The molecular formula is C12H14O3. The number of carbonyl (C=O) groups excluding carboxylic acids is 1. The fourth-order valence-corrected chi connectivity index (χ4v) is 2.15. The van der Waals surface area contributed by atoms with Crippen molar-refractivity contribution in [3.8, 4) is 5.75 Å². The van der Waals surface area contributed by atoms with Crippen molar-refractivity contribution in [2.75, 3.05) is 7.11 Å². The molecule has 0 atom stereocenters. The fourth-order valence-electron chi connectivity index (χ4n) is 2.15. The van der Waals surface area contributed by atoms with Crippen molar-refractivity contribution < 1.29 is 14.6 Å². The molecule has 0 fully saturated rings. The van der Waals surface area contributed by atoms with Gasteiger partial charge in [0.15, 0.2) is 0 Å². The second kappa shape index (κ2) is 3.93. The Morgan fingerprint density at radius 3 is 2.60 bits per heavy atom. The molecule has 0 saturated carbocycles. The fraction of sp³-hybridized carbons (Fsp3) is 0.417. The second-order valence-electron chi connectivity index (χ2n) is 3.79. The number of hydrogen-bond acceptors (Lipinski definition) is 3. The Labute approximate surface area is 88.7 Å². The van der Waals surface area contributed by atoms with E-state index >= 15 is 0 Å². The molecule has 1 aromatic rings. The predicted octanol–water partition coefficient (Wildman–Crippen LogP) is 2.06. The van der Waals surface area contributed by atoms with Crippen LogP contribution in [-0.4, -0.2) is 18.2 Å². The number of phenolic OH excluding ortho intramolecular Hbond substituents is 1. The van der Waals surface area contributed by atoms with Crippen LogP contribution in [0.5, 0.6) is 5.75 Å². The maximum absolute atomic E-state index is 11.5. The molecule has 0 radical (unpaired) electrons. The largest absolute Gasteiger partial charge is 0.508 e. The van der Waals surface area contributed by atoms with Crippen LogP contribution in [0.2, 0.25) is 0 Å². The molecule has 0 unspecified atom stereocenters. The molecule has 0 saturated heterocycles. The number of phenols is 1. The smallest absolute Gasteiger partial charge is 0.338 e. The molecule has 1 aliphatic rings. The number of aromatic hydroxyl groups is 1.